The Kier molecular flexibility index (Phi) is 10.1. The van der Waals surface area contributed by atoms with E-state index in [2.05, 4.69) is 57.6 Å². The maximum absolute atomic E-state index is 12.0. The minimum Gasteiger partial charge on any atom is -0.468 e. The van der Waals surface area contributed by atoms with Crippen LogP contribution in [-0.2, 0) is 23.5 Å². The number of nitrogens with two attached hydrogens (primary N) is 2. The van der Waals surface area contributed by atoms with Crippen LogP contribution in [0, 0.1) is 0 Å². The Bertz CT molecular complexity index is 2900. The number of ether oxygens (including phenoxy) is 2. The highest BCUT2D eigenvalue weighted by Gasteiger charge is 2.34. The molecule has 12 heteroatoms. The van der Waals surface area contributed by atoms with Gasteiger partial charge in [0.05, 0.1) is 11.4 Å². The molecule has 0 atom stereocenters. The Morgan fingerprint density at radius 2 is 1.24 bits per heavy atom. The fourth-order valence-corrected chi connectivity index (χ4v) is 8.12. The molecule has 1 saturated carbocycles. The number of nitrogens with zero attached hydrogens (tertiary/aromatic N) is 7. The lowest BCUT2D eigenvalue weighted by Gasteiger charge is -2.38. The first-order valence-electron chi connectivity index (χ1n) is 20.7. The third-order valence-corrected chi connectivity index (χ3v) is 11.8. The molecule has 1 aliphatic carbocycles. The van der Waals surface area contributed by atoms with Gasteiger partial charge in [0, 0.05) is 47.6 Å². The quantitative estimate of drug-likeness (QED) is 0.160. The van der Waals surface area contributed by atoms with Gasteiger partial charge in [0.2, 0.25) is 11.8 Å². The second kappa shape index (κ2) is 16.1. The van der Waals surface area contributed by atoms with Gasteiger partial charge in [-0.2, -0.15) is 0 Å². The number of benzene rings is 4. The highest BCUT2D eigenvalue weighted by atomic mass is 16.5. The minimum atomic E-state index is -0.195. The molecule has 306 valence electrons. The van der Waals surface area contributed by atoms with Crippen LogP contribution in [0.4, 0.5) is 5.69 Å². The average Bonchev–Trinajstić information content (AvgIpc) is 3.77. The van der Waals surface area contributed by atoms with Crippen molar-refractivity contribution in [3.05, 3.63) is 163 Å². The SMILES string of the molecule is CN1C(=O)COc2nc(-c3ccc(CN)cc3)c(-c3ccccc3)cc21.NC1(c2ccc(-c3nc4c(cc3-c3ccccc3)-n3c(nnc3-c3ccccn3)CO4)cc2)CCC1. The number of likely N-dealkylation sites (N-methyl/N-ethyl adjacent to an activating group) is 1. The number of carbonyl (C=O) groups excluding carboxylic acids is 1. The van der Waals surface area contributed by atoms with E-state index in [9.17, 15) is 4.79 Å². The number of hydrogen-bond donors (Lipinski definition) is 2. The maximum atomic E-state index is 12.0. The Morgan fingerprint density at radius 1 is 0.661 bits per heavy atom. The molecule has 8 aromatic rings. The predicted octanol–water partition coefficient (Wildman–Crippen LogP) is 8.52. The summed E-state index contributed by atoms with van der Waals surface area (Å²) < 4.78 is 13.7. The number of amides is 1. The van der Waals surface area contributed by atoms with Crippen LogP contribution in [0.25, 0.3) is 62.0 Å². The lowest BCUT2D eigenvalue weighted by atomic mass is 9.72. The van der Waals surface area contributed by atoms with Gasteiger partial charge in [-0.05, 0) is 65.8 Å². The number of pyridine rings is 3. The molecule has 4 N–H and O–H groups in total. The molecular formula is C50H43N9O3. The number of hydrogen-bond acceptors (Lipinski definition) is 10. The highest BCUT2D eigenvalue weighted by Crippen LogP contribution is 2.43. The molecule has 6 heterocycles. The van der Waals surface area contributed by atoms with Crippen molar-refractivity contribution >= 4 is 11.6 Å². The van der Waals surface area contributed by atoms with Gasteiger partial charge in [0.15, 0.2) is 24.9 Å². The first kappa shape index (κ1) is 38.6. The van der Waals surface area contributed by atoms with Crippen LogP contribution < -0.4 is 25.8 Å². The largest absolute Gasteiger partial charge is 0.468 e. The predicted molar refractivity (Wildman–Crippen MR) is 239 cm³/mol. The molecule has 2 aliphatic heterocycles. The van der Waals surface area contributed by atoms with E-state index in [1.54, 1.807) is 18.1 Å². The zero-order valence-corrected chi connectivity index (χ0v) is 34.1. The summed E-state index contributed by atoms with van der Waals surface area (Å²) in [5.74, 6) is 2.33. The van der Waals surface area contributed by atoms with Crippen molar-refractivity contribution in [3.8, 4) is 73.7 Å². The van der Waals surface area contributed by atoms with Crippen LogP contribution in [0.2, 0.25) is 0 Å². The summed E-state index contributed by atoms with van der Waals surface area (Å²) in [5, 5.41) is 8.80. The van der Waals surface area contributed by atoms with Crippen molar-refractivity contribution in [2.45, 2.75) is 38.0 Å². The standard InChI is InChI=1S/C29H24N6O.C21H19N3O2/c30-29(14-6-15-29)21-12-10-20(11-13-21)26-22(19-7-2-1-3-8-19)17-24-28(32-26)36-18-25-33-34-27(35(24)25)23-9-4-5-16-31-23;1-24-18-11-17(15-5-3-2-4-6-15)20(23-21(18)26-13-19(24)25)16-9-7-14(12-22)8-10-16/h1-5,7-13,16-17H,6,14-15,18,30H2;2-11H,12-13,22H2,1H3. The molecule has 0 unspecified atom stereocenters. The van der Waals surface area contributed by atoms with Crippen LogP contribution in [0.5, 0.6) is 11.8 Å². The first-order valence-corrected chi connectivity index (χ1v) is 20.7. The summed E-state index contributed by atoms with van der Waals surface area (Å²) in [6, 6.07) is 46.7. The molecular weight excluding hydrogens is 775 g/mol. The topological polar surface area (TPSA) is 160 Å². The smallest absolute Gasteiger partial charge is 0.264 e. The van der Waals surface area contributed by atoms with Crippen LogP contribution >= 0.6 is 0 Å². The molecule has 4 aromatic heterocycles. The summed E-state index contributed by atoms with van der Waals surface area (Å²) in [6.45, 7) is 0.796. The molecule has 0 bridgehead atoms. The fourth-order valence-electron chi connectivity index (χ4n) is 8.12. The van der Waals surface area contributed by atoms with Gasteiger partial charge in [-0.25, -0.2) is 9.97 Å². The van der Waals surface area contributed by atoms with Gasteiger partial charge in [-0.3, -0.25) is 14.3 Å². The molecule has 1 amide bonds. The third-order valence-electron chi connectivity index (χ3n) is 11.8. The lowest BCUT2D eigenvalue weighted by molar-refractivity contribution is -0.121. The number of carbonyl (C=O) groups is 1. The third kappa shape index (κ3) is 7.14. The van der Waals surface area contributed by atoms with Crippen molar-refractivity contribution < 1.29 is 14.3 Å². The summed E-state index contributed by atoms with van der Waals surface area (Å²) >= 11 is 0. The number of aromatic nitrogens is 6. The Hall–Kier alpha value is -7.54. The molecule has 62 heavy (non-hydrogen) atoms. The van der Waals surface area contributed by atoms with E-state index in [1.165, 1.54) is 12.0 Å². The van der Waals surface area contributed by atoms with Crippen LogP contribution in [0.1, 0.15) is 36.2 Å². The molecule has 3 aliphatic rings. The number of rotatable bonds is 7. The van der Waals surface area contributed by atoms with Gasteiger partial charge in [-0.15, -0.1) is 10.2 Å². The molecule has 1 fully saturated rings. The van der Waals surface area contributed by atoms with E-state index in [4.69, 9.17) is 30.9 Å². The van der Waals surface area contributed by atoms with Crippen molar-refractivity contribution in [1.82, 2.24) is 29.7 Å². The van der Waals surface area contributed by atoms with E-state index in [0.717, 1.165) is 80.4 Å². The van der Waals surface area contributed by atoms with Crippen molar-refractivity contribution in [3.63, 3.8) is 0 Å². The van der Waals surface area contributed by atoms with Gasteiger partial charge >= 0.3 is 0 Å². The van der Waals surface area contributed by atoms with Crippen molar-refractivity contribution in [2.75, 3.05) is 18.6 Å². The maximum Gasteiger partial charge on any atom is 0.264 e. The van der Waals surface area contributed by atoms with E-state index < -0.39 is 0 Å². The zero-order valence-electron chi connectivity index (χ0n) is 34.1. The normalized spacial score (nSPS) is 14.5. The van der Waals surface area contributed by atoms with E-state index >= 15 is 0 Å². The van der Waals surface area contributed by atoms with Gasteiger partial charge in [-0.1, -0.05) is 115 Å². The van der Waals surface area contributed by atoms with Crippen molar-refractivity contribution in [1.29, 1.82) is 0 Å². The molecule has 0 saturated heterocycles. The second-order valence-electron chi connectivity index (χ2n) is 15.7. The number of anilines is 1. The van der Waals surface area contributed by atoms with E-state index in [0.29, 0.717) is 36.4 Å². The zero-order chi connectivity index (χ0) is 42.2. The molecule has 11 rings (SSSR count). The Morgan fingerprint density at radius 3 is 1.82 bits per heavy atom. The van der Waals surface area contributed by atoms with E-state index in [-0.39, 0.29) is 18.1 Å². The van der Waals surface area contributed by atoms with Gasteiger partial charge < -0.3 is 25.8 Å². The summed E-state index contributed by atoms with van der Waals surface area (Å²) in [7, 11) is 1.75. The summed E-state index contributed by atoms with van der Waals surface area (Å²) in [6.07, 6.45) is 5.01. The van der Waals surface area contributed by atoms with Crippen molar-refractivity contribution in [2.24, 2.45) is 11.5 Å². The Labute approximate surface area is 358 Å². The van der Waals surface area contributed by atoms with Gasteiger partial charge in [0.1, 0.15) is 17.1 Å². The monoisotopic (exact) mass is 817 g/mol. The lowest BCUT2D eigenvalue weighted by Crippen LogP contribution is -2.43. The highest BCUT2D eigenvalue weighted by molar-refractivity contribution is 5.99. The minimum absolute atomic E-state index is 0.00668. The van der Waals surface area contributed by atoms with Gasteiger partial charge in [0.25, 0.3) is 5.91 Å². The molecule has 0 spiro atoms. The Balaban J connectivity index is 0.000000156. The van der Waals surface area contributed by atoms with Crippen LogP contribution in [0.3, 0.4) is 0 Å². The number of fused-ring (bicyclic) bond motifs is 4. The first-order chi connectivity index (χ1) is 30.4. The fraction of sp³-hybridized carbons (Fsp3) is 0.160. The average molecular weight is 818 g/mol. The molecule has 4 aromatic carbocycles. The van der Waals surface area contributed by atoms with E-state index in [1.807, 2.05) is 102 Å². The second-order valence-corrected chi connectivity index (χ2v) is 15.7. The summed E-state index contributed by atoms with van der Waals surface area (Å²) in [4.78, 5) is 27.9. The molecule has 0 radical (unpaired) electrons. The van der Waals surface area contributed by atoms with Crippen LogP contribution in [-0.4, -0.2) is 49.3 Å². The van der Waals surface area contributed by atoms with Crippen LogP contribution in [0.15, 0.2) is 146 Å². The summed E-state index contributed by atoms with van der Waals surface area (Å²) in [5.41, 5.74) is 24.3. The molecule has 12 nitrogen and oxygen atoms in total.